The second-order valence-electron chi connectivity index (χ2n) is 6.05. The maximum absolute atomic E-state index is 12.9. The Morgan fingerprint density at radius 2 is 2.04 bits per heavy atom. The lowest BCUT2D eigenvalue weighted by molar-refractivity contribution is 0.415. The molecular formula is C19H15N3O2. The predicted octanol–water partition coefficient (Wildman–Crippen LogP) is 3.11. The second-order valence-corrected chi connectivity index (χ2v) is 6.05. The van der Waals surface area contributed by atoms with E-state index in [0.717, 1.165) is 17.6 Å². The molecule has 24 heavy (non-hydrogen) atoms. The number of ether oxygens (including phenoxy) is 1. The Morgan fingerprint density at radius 3 is 2.92 bits per heavy atom. The van der Waals surface area contributed by atoms with E-state index in [4.69, 9.17) is 9.72 Å². The Kier molecular flexibility index (Phi) is 2.62. The van der Waals surface area contributed by atoms with Crippen molar-refractivity contribution in [2.75, 3.05) is 7.11 Å². The van der Waals surface area contributed by atoms with Crippen LogP contribution < -0.4 is 10.3 Å². The van der Waals surface area contributed by atoms with E-state index in [1.807, 2.05) is 18.2 Å². The molecule has 0 fully saturated rings. The minimum Gasteiger partial charge on any atom is -0.497 e. The highest BCUT2D eigenvalue weighted by molar-refractivity contribution is 5.91. The van der Waals surface area contributed by atoms with Gasteiger partial charge in [-0.25, -0.2) is 4.98 Å². The van der Waals surface area contributed by atoms with Gasteiger partial charge in [0.25, 0.3) is 5.56 Å². The average Bonchev–Trinajstić information content (AvgIpc) is 3.00. The van der Waals surface area contributed by atoms with Gasteiger partial charge >= 0.3 is 0 Å². The van der Waals surface area contributed by atoms with Crippen LogP contribution in [-0.2, 0) is 13.0 Å². The molecule has 5 nitrogen and oxygen atoms in total. The zero-order chi connectivity index (χ0) is 16.3. The Labute approximate surface area is 137 Å². The van der Waals surface area contributed by atoms with Gasteiger partial charge in [0.2, 0.25) is 0 Å². The van der Waals surface area contributed by atoms with E-state index >= 15 is 0 Å². The predicted molar refractivity (Wildman–Crippen MR) is 93.6 cm³/mol. The van der Waals surface area contributed by atoms with Crippen LogP contribution in [0.5, 0.6) is 5.75 Å². The van der Waals surface area contributed by atoms with E-state index in [2.05, 4.69) is 17.1 Å². The van der Waals surface area contributed by atoms with Gasteiger partial charge in [0.15, 0.2) is 5.82 Å². The summed E-state index contributed by atoms with van der Waals surface area (Å²) in [6, 6.07) is 13.6. The summed E-state index contributed by atoms with van der Waals surface area (Å²) in [6.45, 7) is 0.651. The highest BCUT2D eigenvalue weighted by atomic mass is 16.5. The van der Waals surface area contributed by atoms with Gasteiger partial charge in [-0.15, -0.1) is 0 Å². The van der Waals surface area contributed by atoms with E-state index in [9.17, 15) is 4.79 Å². The first-order valence-corrected chi connectivity index (χ1v) is 7.95. The molecule has 0 unspecified atom stereocenters. The average molecular weight is 317 g/mol. The molecule has 4 aromatic rings. The summed E-state index contributed by atoms with van der Waals surface area (Å²) in [5, 5.41) is 1.83. The molecule has 1 aliphatic heterocycles. The van der Waals surface area contributed by atoms with Crippen molar-refractivity contribution >= 4 is 21.8 Å². The summed E-state index contributed by atoms with van der Waals surface area (Å²) in [5.41, 5.74) is 3.93. The largest absolute Gasteiger partial charge is 0.497 e. The van der Waals surface area contributed by atoms with E-state index in [1.165, 1.54) is 10.9 Å². The van der Waals surface area contributed by atoms with Crippen molar-refractivity contribution < 1.29 is 4.74 Å². The van der Waals surface area contributed by atoms with Gasteiger partial charge in [-0.1, -0.05) is 18.2 Å². The lowest BCUT2D eigenvalue weighted by Gasteiger charge is -2.18. The van der Waals surface area contributed by atoms with Gasteiger partial charge in [0.1, 0.15) is 5.75 Å². The Bertz CT molecular complexity index is 1170. The van der Waals surface area contributed by atoms with E-state index in [-0.39, 0.29) is 5.56 Å². The number of hydrogen-bond donors (Lipinski definition) is 1. The van der Waals surface area contributed by atoms with Crippen molar-refractivity contribution in [3.63, 3.8) is 0 Å². The molecule has 1 N–H and O–H groups in total. The van der Waals surface area contributed by atoms with Crippen molar-refractivity contribution in [1.82, 2.24) is 14.5 Å². The smallest absolute Gasteiger partial charge is 0.261 e. The van der Waals surface area contributed by atoms with Crippen LogP contribution in [-0.4, -0.2) is 21.6 Å². The quantitative estimate of drug-likeness (QED) is 0.587. The standard InChI is InChI=1S/C19H15N3O2/c1-24-11-6-7-14-16(10-11)21-18-17-13(8-9-22(18)19(14)23)12-4-2-3-5-15(12)20-17/h2-7,10,20H,8-9H2,1H3. The monoisotopic (exact) mass is 317 g/mol. The van der Waals surface area contributed by atoms with Crippen LogP contribution in [0.15, 0.2) is 47.3 Å². The summed E-state index contributed by atoms with van der Waals surface area (Å²) in [4.78, 5) is 21.1. The normalized spacial score (nSPS) is 13.0. The molecule has 0 bridgehead atoms. The first-order chi connectivity index (χ1) is 11.8. The molecule has 0 atom stereocenters. The lowest BCUT2D eigenvalue weighted by atomic mass is 10.0. The van der Waals surface area contributed by atoms with Gasteiger partial charge < -0.3 is 9.72 Å². The van der Waals surface area contributed by atoms with E-state index in [0.29, 0.717) is 29.0 Å². The molecule has 5 rings (SSSR count). The van der Waals surface area contributed by atoms with Crippen LogP contribution in [0.2, 0.25) is 0 Å². The third-order valence-corrected chi connectivity index (χ3v) is 4.79. The number of fused-ring (bicyclic) bond motifs is 6. The molecule has 0 spiro atoms. The van der Waals surface area contributed by atoms with Gasteiger partial charge in [-0.2, -0.15) is 0 Å². The van der Waals surface area contributed by atoms with Crippen molar-refractivity contribution in [3.05, 3.63) is 58.4 Å². The molecule has 0 aliphatic carbocycles. The number of nitrogens with one attached hydrogen (secondary N) is 1. The zero-order valence-corrected chi connectivity index (χ0v) is 13.2. The lowest BCUT2D eigenvalue weighted by Crippen LogP contribution is -2.27. The van der Waals surface area contributed by atoms with Crippen molar-refractivity contribution in [2.45, 2.75) is 13.0 Å². The fourth-order valence-electron chi connectivity index (χ4n) is 3.60. The first-order valence-electron chi connectivity index (χ1n) is 7.95. The highest BCUT2D eigenvalue weighted by Gasteiger charge is 2.23. The van der Waals surface area contributed by atoms with Crippen LogP contribution in [0.4, 0.5) is 0 Å². The summed E-state index contributed by atoms with van der Waals surface area (Å²) in [5.74, 6) is 1.41. The van der Waals surface area contributed by atoms with Crippen molar-refractivity contribution in [2.24, 2.45) is 0 Å². The number of H-pyrrole nitrogens is 1. The van der Waals surface area contributed by atoms with Crippen LogP contribution in [0.25, 0.3) is 33.3 Å². The van der Waals surface area contributed by atoms with E-state index < -0.39 is 0 Å². The van der Waals surface area contributed by atoms with Crippen LogP contribution in [0.1, 0.15) is 5.56 Å². The number of para-hydroxylation sites is 1. The second kappa shape index (κ2) is 4.71. The molecule has 2 aromatic heterocycles. The summed E-state index contributed by atoms with van der Waals surface area (Å²) < 4.78 is 7.04. The first kappa shape index (κ1) is 13.4. The Morgan fingerprint density at radius 1 is 1.17 bits per heavy atom. The summed E-state index contributed by atoms with van der Waals surface area (Å²) in [6.07, 6.45) is 0.829. The number of rotatable bonds is 1. The maximum atomic E-state index is 12.9. The molecular weight excluding hydrogens is 302 g/mol. The number of aryl methyl sites for hydroxylation is 1. The van der Waals surface area contributed by atoms with E-state index in [1.54, 1.807) is 23.8 Å². The number of nitrogens with zero attached hydrogens (tertiary/aromatic N) is 2. The third-order valence-electron chi connectivity index (χ3n) is 4.79. The maximum Gasteiger partial charge on any atom is 0.261 e. The number of benzene rings is 2. The Hall–Kier alpha value is -3.08. The molecule has 118 valence electrons. The van der Waals surface area contributed by atoms with Gasteiger partial charge in [0.05, 0.1) is 23.7 Å². The minimum absolute atomic E-state index is 0.00181. The topological polar surface area (TPSA) is 59.9 Å². The van der Waals surface area contributed by atoms with Crippen LogP contribution >= 0.6 is 0 Å². The number of hydrogen-bond acceptors (Lipinski definition) is 3. The van der Waals surface area contributed by atoms with Crippen LogP contribution in [0.3, 0.4) is 0 Å². The molecule has 2 aromatic carbocycles. The fourth-order valence-corrected chi connectivity index (χ4v) is 3.60. The molecule has 0 radical (unpaired) electrons. The molecule has 1 aliphatic rings. The van der Waals surface area contributed by atoms with Crippen molar-refractivity contribution in [3.8, 4) is 17.3 Å². The number of methoxy groups -OCH3 is 1. The van der Waals surface area contributed by atoms with Crippen LogP contribution in [0, 0.1) is 0 Å². The zero-order valence-electron chi connectivity index (χ0n) is 13.2. The van der Waals surface area contributed by atoms with Gasteiger partial charge in [-0.05, 0) is 30.2 Å². The molecule has 0 saturated carbocycles. The molecule has 0 saturated heterocycles. The minimum atomic E-state index is 0.00181. The SMILES string of the molecule is COc1ccc2c(=O)n3c(nc2c1)-c1[nH]c2ccccc2c1CC3. The number of aromatic nitrogens is 3. The Balaban J connectivity index is 1.87. The molecule has 3 heterocycles. The number of aromatic amines is 1. The summed E-state index contributed by atoms with van der Waals surface area (Å²) >= 11 is 0. The van der Waals surface area contributed by atoms with Crippen molar-refractivity contribution in [1.29, 1.82) is 0 Å². The third kappa shape index (κ3) is 1.69. The molecule has 5 heteroatoms. The highest BCUT2D eigenvalue weighted by Crippen LogP contribution is 2.33. The van der Waals surface area contributed by atoms with Gasteiger partial charge in [0, 0.05) is 23.5 Å². The van der Waals surface area contributed by atoms with Gasteiger partial charge in [-0.3, -0.25) is 9.36 Å². The summed E-state index contributed by atoms with van der Waals surface area (Å²) in [7, 11) is 1.61. The fraction of sp³-hybridized carbons (Fsp3) is 0.158. The molecule has 0 amide bonds.